The normalized spacial score (nSPS) is 16.4. The van der Waals surface area contributed by atoms with Gasteiger partial charge in [-0.15, -0.1) is 0 Å². The van der Waals surface area contributed by atoms with Crippen LogP contribution >= 0.6 is 0 Å². The van der Waals surface area contributed by atoms with Crippen LogP contribution in [0.1, 0.15) is 44.9 Å². The fourth-order valence-corrected chi connectivity index (χ4v) is 1.51. The van der Waals surface area contributed by atoms with Crippen molar-refractivity contribution in [1.82, 2.24) is 0 Å². The van der Waals surface area contributed by atoms with Crippen LogP contribution in [-0.4, -0.2) is 17.3 Å². The zero-order valence-corrected chi connectivity index (χ0v) is 12.0. The first-order valence-corrected chi connectivity index (χ1v) is 6.45. The molecule has 0 aliphatic heterocycles. The van der Waals surface area contributed by atoms with Crippen molar-refractivity contribution < 1.29 is 9.84 Å². The lowest BCUT2D eigenvalue weighted by atomic mass is 9.94. The van der Waals surface area contributed by atoms with E-state index in [1.54, 1.807) is 6.92 Å². The third-order valence-corrected chi connectivity index (χ3v) is 3.49. The lowest BCUT2D eigenvalue weighted by molar-refractivity contribution is -0.0268. The largest absolute Gasteiger partial charge is 0.490 e. The highest BCUT2D eigenvalue weighted by Crippen LogP contribution is 2.24. The summed E-state index contributed by atoms with van der Waals surface area (Å²) in [5.74, 6) is 0.960. The summed E-state index contributed by atoms with van der Waals surface area (Å²) in [7, 11) is 0. The number of hydrogen-bond donors (Lipinski definition) is 2. The van der Waals surface area contributed by atoms with Crippen LogP contribution < -0.4 is 10.5 Å². The van der Waals surface area contributed by atoms with E-state index in [2.05, 4.69) is 0 Å². The Hall–Kier alpha value is -1.06. The van der Waals surface area contributed by atoms with E-state index < -0.39 is 5.60 Å². The van der Waals surface area contributed by atoms with Gasteiger partial charge in [0, 0.05) is 6.04 Å². The molecule has 1 aromatic rings. The summed E-state index contributed by atoms with van der Waals surface area (Å²) in [5, 5.41) is 10.1. The standard InChI is InChI=1S/C15H25NO2/c1-10(2)15(5,17)9-18-14-7-6-13(12(4)16)8-11(14)3/h6-8,10,12,17H,9,16H2,1-5H3/t12-,15?/m1/s1. The molecule has 3 N–H and O–H groups in total. The minimum absolute atomic E-state index is 0.0246. The van der Waals surface area contributed by atoms with Crippen molar-refractivity contribution in [3.8, 4) is 5.75 Å². The second-order valence-corrected chi connectivity index (χ2v) is 5.61. The highest BCUT2D eigenvalue weighted by Gasteiger charge is 2.26. The molecule has 3 heteroatoms. The molecular formula is C15H25NO2. The monoisotopic (exact) mass is 251 g/mol. The van der Waals surface area contributed by atoms with Crippen LogP contribution in [0, 0.1) is 12.8 Å². The highest BCUT2D eigenvalue weighted by molar-refractivity contribution is 5.37. The van der Waals surface area contributed by atoms with Crippen molar-refractivity contribution in [2.45, 2.75) is 46.3 Å². The Morgan fingerprint density at radius 1 is 1.33 bits per heavy atom. The molecule has 0 saturated carbocycles. The Morgan fingerprint density at radius 3 is 2.39 bits per heavy atom. The topological polar surface area (TPSA) is 55.5 Å². The molecule has 18 heavy (non-hydrogen) atoms. The van der Waals surface area contributed by atoms with Gasteiger partial charge in [-0.3, -0.25) is 0 Å². The molecule has 1 unspecified atom stereocenters. The maximum atomic E-state index is 10.1. The average molecular weight is 251 g/mol. The highest BCUT2D eigenvalue weighted by atomic mass is 16.5. The fourth-order valence-electron chi connectivity index (χ4n) is 1.51. The minimum atomic E-state index is -0.813. The van der Waals surface area contributed by atoms with Crippen LogP contribution in [0.15, 0.2) is 18.2 Å². The molecule has 0 aliphatic carbocycles. The van der Waals surface area contributed by atoms with Crippen LogP contribution in [0.3, 0.4) is 0 Å². The molecule has 0 saturated heterocycles. The number of aliphatic hydroxyl groups is 1. The summed E-state index contributed by atoms with van der Waals surface area (Å²) in [4.78, 5) is 0. The summed E-state index contributed by atoms with van der Waals surface area (Å²) < 4.78 is 5.71. The molecule has 0 spiro atoms. The smallest absolute Gasteiger partial charge is 0.122 e. The summed E-state index contributed by atoms with van der Waals surface area (Å²) in [6.45, 7) is 10.0. The maximum Gasteiger partial charge on any atom is 0.122 e. The molecule has 0 bridgehead atoms. The van der Waals surface area contributed by atoms with Crippen molar-refractivity contribution in [1.29, 1.82) is 0 Å². The van der Waals surface area contributed by atoms with Crippen LogP contribution in [0.4, 0.5) is 0 Å². The van der Waals surface area contributed by atoms with Crippen LogP contribution in [0.25, 0.3) is 0 Å². The average Bonchev–Trinajstić information content (AvgIpc) is 2.26. The van der Waals surface area contributed by atoms with Crippen molar-refractivity contribution in [2.24, 2.45) is 11.7 Å². The number of hydrogen-bond acceptors (Lipinski definition) is 3. The number of benzene rings is 1. The first-order valence-electron chi connectivity index (χ1n) is 6.45. The molecule has 0 heterocycles. The first-order chi connectivity index (χ1) is 8.24. The second kappa shape index (κ2) is 5.72. The van der Waals surface area contributed by atoms with Gasteiger partial charge in [0.2, 0.25) is 0 Å². The Balaban J connectivity index is 2.75. The number of nitrogens with two attached hydrogens (primary N) is 1. The molecule has 2 atom stereocenters. The molecule has 0 aliphatic rings. The summed E-state index contributed by atoms with van der Waals surface area (Å²) >= 11 is 0. The van der Waals surface area contributed by atoms with Gasteiger partial charge in [0.25, 0.3) is 0 Å². The van der Waals surface area contributed by atoms with Crippen LogP contribution in [0.5, 0.6) is 5.75 Å². The van der Waals surface area contributed by atoms with E-state index in [1.807, 2.05) is 45.9 Å². The van der Waals surface area contributed by atoms with Gasteiger partial charge in [-0.1, -0.05) is 26.0 Å². The SMILES string of the molecule is Cc1cc([C@@H](C)N)ccc1OCC(C)(O)C(C)C. The summed E-state index contributed by atoms with van der Waals surface area (Å²) in [5.41, 5.74) is 7.16. The van der Waals surface area contributed by atoms with E-state index in [0.717, 1.165) is 16.9 Å². The Kier molecular flexibility index (Phi) is 4.77. The van der Waals surface area contributed by atoms with Gasteiger partial charge >= 0.3 is 0 Å². The first kappa shape index (κ1) is 15.0. The van der Waals surface area contributed by atoms with E-state index in [0.29, 0.717) is 6.61 Å². The van der Waals surface area contributed by atoms with Gasteiger partial charge in [0.05, 0.1) is 5.60 Å². The van der Waals surface area contributed by atoms with E-state index in [1.165, 1.54) is 0 Å². The molecule has 0 aromatic heterocycles. The van der Waals surface area contributed by atoms with Crippen molar-refractivity contribution in [2.75, 3.05) is 6.61 Å². The van der Waals surface area contributed by atoms with Gasteiger partial charge in [0.1, 0.15) is 12.4 Å². The van der Waals surface area contributed by atoms with Crippen molar-refractivity contribution in [3.05, 3.63) is 29.3 Å². The van der Waals surface area contributed by atoms with Gasteiger partial charge < -0.3 is 15.6 Å². The van der Waals surface area contributed by atoms with E-state index >= 15 is 0 Å². The number of aryl methyl sites for hydroxylation is 1. The number of ether oxygens (including phenoxy) is 1. The van der Waals surface area contributed by atoms with Crippen molar-refractivity contribution in [3.63, 3.8) is 0 Å². The minimum Gasteiger partial charge on any atom is -0.490 e. The predicted octanol–water partition coefficient (Wildman–Crippen LogP) is 2.80. The molecule has 3 nitrogen and oxygen atoms in total. The Labute approximate surface area is 110 Å². The molecule has 0 radical (unpaired) electrons. The number of rotatable bonds is 5. The third kappa shape index (κ3) is 3.72. The molecule has 0 fully saturated rings. The van der Waals surface area contributed by atoms with Gasteiger partial charge in [-0.25, -0.2) is 0 Å². The van der Waals surface area contributed by atoms with E-state index in [9.17, 15) is 5.11 Å². The van der Waals surface area contributed by atoms with Crippen molar-refractivity contribution >= 4 is 0 Å². The molecule has 1 rings (SSSR count). The zero-order valence-electron chi connectivity index (χ0n) is 12.0. The predicted molar refractivity (Wildman–Crippen MR) is 74.7 cm³/mol. The second-order valence-electron chi connectivity index (χ2n) is 5.61. The molecule has 102 valence electrons. The maximum absolute atomic E-state index is 10.1. The third-order valence-electron chi connectivity index (χ3n) is 3.49. The molecule has 0 amide bonds. The fraction of sp³-hybridized carbons (Fsp3) is 0.600. The quantitative estimate of drug-likeness (QED) is 0.846. The zero-order chi connectivity index (χ0) is 13.9. The summed E-state index contributed by atoms with van der Waals surface area (Å²) in [6.07, 6.45) is 0. The van der Waals surface area contributed by atoms with E-state index in [4.69, 9.17) is 10.5 Å². The van der Waals surface area contributed by atoms with Crippen LogP contribution in [-0.2, 0) is 0 Å². The Morgan fingerprint density at radius 2 is 1.94 bits per heavy atom. The van der Waals surface area contributed by atoms with Gasteiger partial charge in [-0.05, 0) is 43.9 Å². The lowest BCUT2D eigenvalue weighted by Gasteiger charge is -2.28. The Bertz CT molecular complexity index is 397. The van der Waals surface area contributed by atoms with E-state index in [-0.39, 0.29) is 12.0 Å². The molecule has 1 aromatic carbocycles. The van der Waals surface area contributed by atoms with Crippen LogP contribution in [0.2, 0.25) is 0 Å². The van der Waals surface area contributed by atoms with Gasteiger partial charge in [-0.2, -0.15) is 0 Å². The molecular weight excluding hydrogens is 226 g/mol. The lowest BCUT2D eigenvalue weighted by Crippen LogP contribution is -2.37. The van der Waals surface area contributed by atoms with Gasteiger partial charge in [0.15, 0.2) is 0 Å². The summed E-state index contributed by atoms with van der Waals surface area (Å²) in [6, 6.07) is 5.95.